The van der Waals surface area contributed by atoms with E-state index in [4.69, 9.17) is 4.52 Å². The van der Waals surface area contributed by atoms with E-state index in [1.807, 2.05) is 0 Å². The highest BCUT2D eigenvalue weighted by molar-refractivity contribution is 5.96. The number of carbonyl (C=O) groups is 2. The average Bonchev–Trinajstić information content (AvgIpc) is 2.91. The highest BCUT2D eigenvalue weighted by atomic mass is 19.1. The van der Waals surface area contributed by atoms with Crippen molar-refractivity contribution in [2.75, 3.05) is 5.32 Å². The first-order valence-electron chi connectivity index (χ1n) is 7.22. The van der Waals surface area contributed by atoms with E-state index in [-0.39, 0.29) is 24.6 Å². The molecule has 1 unspecified atom stereocenters. The molecule has 0 bridgehead atoms. The van der Waals surface area contributed by atoms with Gasteiger partial charge in [0.25, 0.3) is 0 Å². The van der Waals surface area contributed by atoms with Crippen molar-refractivity contribution in [1.29, 1.82) is 0 Å². The minimum absolute atomic E-state index is 0.0988. The fourth-order valence-electron chi connectivity index (χ4n) is 1.99. The van der Waals surface area contributed by atoms with Crippen LogP contribution in [0.4, 0.5) is 10.2 Å². The average molecular weight is 319 g/mol. The molecule has 2 rings (SSSR count). The third kappa shape index (κ3) is 4.91. The van der Waals surface area contributed by atoms with E-state index in [1.165, 1.54) is 6.07 Å². The van der Waals surface area contributed by atoms with Crippen molar-refractivity contribution in [3.63, 3.8) is 0 Å². The molecule has 0 saturated carbocycles. The van der Waals surface area contributed by atoms with Gasteiger partial charge in [-0.25, -0.2) is 4.39 Å². The van der Waals surface area contributed by atoms with Crippen LogP contribution in [-0.2, 0) is 16.0 Å². The maximum absolute atomic E-state index is 13.5. The maximum Gasteiger partial charge on any atom is 0.247 e. The Morgan fingerprint density at radius 1 is 1.35 bits per heavy atom. The number of carbonyl (C=O) groups excluding carboxylic acids is 2. The molecule has 0 saturated heterocycles. The lowest BCUT2D eigenvalue weighted by molar-refractivity contribution is -0.126. The summed E-state index contributed by atoms with van der Waals surface area (Å²) >= 11 is 0. The molecule has 1 heterocycles. The lowest BCUT2D eigenvalue weighted by atomic mass is 10.1. The molecule has 6 nitrogen and oxygen atoms in total. The van der Waals surface area contributed by atoms with Crippen molar-refractivity contribution in [2.45, 2.75) is 32.7 Å². The molecule has 122 valence electrons. The van der Waals surface area contributed by atoms with Crippen LogP contribution in [0.15, 0.2) is 34.9 Å². The van der Waals surface area contributed by atoms with E-state index in [1.54, 1.807) is 38.1 Å². The van der Waals surface area contributed by atoms with Gasteiger partial charge >= 0.3 is 0 Å². The van der Waals surface area contributed by atoms with Crippen molar-refractivity contribution in [1.82, 2.24) is 10.5 Å². The number of amides is 2. The summed E-state index contributed by atoms with van der Waals surface area (Å²) < 4.78 is 18.3. The summed E-state index contributed by atoms with van der Waals surface area (Å²) in [5, 5.41) is 8.74. The summed E-state index contributed by atoms with van der Waals surface area (Å²) in [7, 11) is 0. The second-order valence-electron chi connectivity index (χ2n) is 5.19. The molecule has 2 aromatic rings. The number of rotatable bonds is 6. The first-order chi connectivity index (χ1) is 11.0. The Balaban J connectivity index is 1.80. The van der Waals surface area contributed by atoms with Gasteiger partial charge in [0.2, 0.25) is 11.8 Å². The third-order valence-corrected chi connectivity index (χ3v) is 3.23. The Morgan fingerprint density at radius 3 is 2.74 bits per heavy atom. The highest BCUT2D eigenvalue weighted by Crippen LogP contribution is 2.09. The molecule has 0 fully saturated rings. The summed E-state index contributed by atoms with van der Waals surface area (Å²) in [5.74, 6) is -0.209. The minimum Gasteiger partial charge on any atom is -0.360 e. The van der Waals surface area contributed by atoms with Crippen LogP contribution in [0.5, 0.6) is 0 Å². The van der Waals surface area contributed by atoms with Crippen LogP contribution in [0.25, 0.3) is 0 Å². The Kier molecular flexibility index (Phi) is 5.46. The Labute approximate surface area is 133 Å². The van der Waals surface area contributed by atoms with Crippen LogP contribution < -0.4 is 10.6 Å². The van der Waals surface area contributed by atoms with E-state index >= 15 is 0 Å². The molecule has 0 aliphatic carbocycles. The molecule has 1 atom stereocenters. The standard InChI is InChI=1S/C16H18FN3O3/c1-10-9-14(20-23-10)19-16(22)11(2)18-15(21)8-7-12-5-3-4-6-13(12)17/h3-6,9,11H,7-8H2,1-2H3,(H,18,21)(H,19,20,22). The van der Waals surface area contributed by atoms with Gasteiger partial charge in [0.05, 0.1) is 0 Å². The van der Waals surface area contributed by atoms with Crippen molar-refractivity contribution in [3.05, 3.63) is 47.5 Å². The van der Waals surface area contributed by atoms with Gasteiger partial charge in [0, 0.05) is 12.5 Å². The molecule has 7 heteroatoms. The minimum atomic E-state index is -0.736. The lowest BCUT2D eigenvalue weighted by Crippen LogP contribution is -2.41. The Bertz CT molecular complexity index is 699. The van der Waals surface area contributed by atoms with Crippen LogP contribution in [0.1, 0.15) is 24.7 Å². The van der Waals surface area contributed by atoms with E-state index < -0.39 is 11.9 Å². The summed E-state index contributed by atoms with van der Waals surface area (Å²) in [6, 6.07) is 7.13. The molecule has 2 N–H and O–H groups in total. The van der Waals surface area contributed by atoms with Gasteiger partial charge in [-0.1, -0.05) is 23.4 Å². The molecule has 2 amide bonds. The van der Waals surface area contributed by atoms with Gasteiger partial charge in [-0.2, -0.15) is 0 Å². The topological polar surface area (TPSA) is 84.2 Å². The van der Waals surface area contributed by atoms with Crippen LogP contribution in [0.3, 0.4) is 0 Å². The zero-order valence-electron chi connectivity index (χ0n) is 12.9. The number of benzene rings is 1. The second kappa shape index (κ2) is 7.53. The number of nitrogens with one attached hydrogen (secondary N) is 2. The molecule has 0 aliphatic rings. The third-order valence-electron chi connectivity index (χ3n) is 3.23. The highest BCUT2D eigenvalue weighted by Gasteiger charge is 2.17. The van der Waals surface area contributed by atoms with E-state index in [0.29, 0.717) is 17.1 Å². The van der Waals surface area contributed by atoms with Crippen LogP contribution in [0, 0.1) is 12.7 Å². The van der Waals surface area contributed by atoms with Gasteiger partial charge in [-0.05, 0) is 31.9 Å². The predicted molar refractivity (Wildman–Crippen MR) is 82.2 cm³/mol. The van der Waals surface area contributed by atoms with Crippen molar-refractivity contribution >= 4 is 17.6 Å². The smallest absolute Gasteiger partial charge is 0.247 e. The van der Waals surface area contributed by atoms with Gasteiger partial charge in [-0.3, -0.25) is 9.59 Å². The quantitative estimate of drug-likeness (QED) is 0.855. The Hall–Kier alpha value is -2.70. The number of anilines is 1. The molecular weight excluding hydrogens is 301 g/mol. The molecule has 0 spiro atoms. The number of hydrogen-bond donors (Lipinski definition) is 2. The SMILES string of the molecule is Cc1cc(NC(=O)C(C)NC(=O)CCc2ccccc2F)no1. The number of aromatic nitrogens is 1. The number of nitrogens with zero attached hydrogens (tertiary/aromatic N) is 1. The van der Waals surface area contributed by atoms with Crippen molar-refractivity contribution in [2.24, 2.45) is 0 Å². The van der Waals surface area contributed by atoms with E-state index in [0.717, 1.165) is 0 Å². The zero-order valence-corrected chi connectivity index (χ0v) is 12.9. The molecule has 23 heavy (non-hydrogen) atoms. The maximum atomic E-state index is 13.5. The first kappa shape index (κ1) is 16.7. The first-order valence-corrected chi connectivity index (χ1v) is 7.22. The van der Waals surface area contributed by atoms with E-state index in [9.17, 15) is 14.0 Å². The lowest BCUT2D eigenvalue weighted by Gasteiger charge is -2.13. The summed E-state index contributed by atoms with van der Waals surface area (Å²) in [4.78, 5) is 23.8. The summed E-state index contributed by atoms with van der Waals surface area (Å²) in [5.41, 5.74) is 0.470. The fourth-order valence-corrected chi connectivity index (χ4v) is 1.99. The predicted octanol–water partition coefficient (Wildman–Crippen LogP) is 2.20. The van der Waals surface area contributed by atoms with Crippen LogP contribution >= 0.6 is 0 Å². The molecular formula is C16H18FN3O3. The molecule has 1 aromatic heterocycles. The monoisotopic (exact) mass is 319 g/mol. The largest absolute Gasteiger partial charge is 0.360 e. The van der Waals surface area contributed by atoms with Crippen LogP contribution in [-0.4, -0.2) is 23.0 Å². The number of halogens is 1. The van der Waals surface area contributed by atoms with Crippen LogP contribution in [0.2, 0.25) is 0 Å². The zero-order chi connectivity index (χ0) is 16.8. The summed E-state index contributed by atoms with van der Waals surface area (Å²) in [6.45, 7) is 3.26. The number of aryl methyl sites for hydroxylation is 2. The number of hydrogen-bond acceptors (Lipinski definition) is 4. The van der Waals surface area contributed by atoms with Gasteiger partial charge in [0.1, 0.15) is 17.6 Å². The van der Waals surface area contributed by atoms with Crippen molar-refractivity contribution in [3.8, 4) is 0 Å². The Morgan fingerprint density at radius 2 is 2.09 bits per heavy atom. The van der Waals surface area contributed by atoms with Crippen molar-refractivity contribution < 1.29 is 18.5 Å². The molecule has 0 radical (unpaired) electrons. The fraction of sp³-hybridized carbons (Fsp3) is 0.312. The van der Waals surface area contributed by atoms with Gasteiger partial charge in [-0.15, -0.1) is 0 Å². The molecule has 0 aliphatic heterocycles. The van der Waals surface area contributed by atoms with Gasteiger partial charge < -0.3 is 15.2 Å². The second-order valence-corrected chi connectivity index (χ2v) is 5.19. The normalized spacial score (nSPS) is 11.8. The van der Waals surface area contributed by atoms with E-state index in [2.05, 4.69) is 15.8 Å². The molecule has 1 aromatic carbocycles. The van der Waals surface area contributed by atoms with Gasteiger partial charge in [0.15, 0.2) is 5.82 Å². The summed E-state index contributed by atoms with van der Waals surface area (Å²) in [6.07, 6.45) is 0.372.